The minimum absolute atomic E-state index is 0.133. The Morgan fingerprint density at radius 3 is 2.00 bits per heavy atom. The van der Waals surface area contributed by atoms with Gasteiger partial charge in [-0.05, 0) is 30.7 Å². The SMILES string of the molecule is O=C(O)CCCOc1ccc(Cl)cc1.O=CO.O=CO. The summed E-state index contributed by atoms with van der Waals surface area (Å²) in [5.74, 6) is -0.0931. The molecule has 0 fully saturated rings. The summed E-state index contributed by atoms with van der Waals surface area (Å²) in [6.07, 6.45) is 0.644. The molecule has 0 aliphatic carbocycles. The number of aliphatic carboxylic acids is 1. The molecular formula is C12H15ClO7. The number of ether oxygens (including phenoxy) is 1. The standard InChI is InChI=1S/C10H11ClO3.2CH2O2/c11-8-3-5-9(6-4-8)14-7-1-2-10(12)13;2*2-1-3/h3-6H,1-2,7H2,(H,12,13);2*1H,(H,2,3). The molecule has 3 N–H and O–H groups in total. The van der Waals surface area contributed by atoms with Gasteiger partial charge >= 0.3 is 5.97 Å². The van der Waals surface area contributed by atoms with Crippen molar-refractivity contribution in [2.24, 2.45) is 0 Å². The van der Waals surface area contributed by atoms with Crippen molar-refractivity contribution >= 4 is 30.5 Å². The Morgan fingerprint density at radius 1 is 1.15 bits per heavy atom. The first-order valence-electron chi connectivity index (χ1n) is 5.27. The summed E-state index contributed by atoms with van der Waals surface area (Å²) in [6.45, 7) is -0.0894. The Balaban J connectivity index is 0. The molecule has 1 rings (SSSR count). The lowest BCUT2D eigenvalue weighted by Crippen LogP contribution is -2.01. The number of rotatable bonds is 5. The van der Waals surface area contributed by atoms with Crippen molar-refractivity contribution in [3.05, 3.63) is 29.3 Å². The summed E-state index contributed by atoms with van der Waals surface area (Å²) in [5, 5.41) is 22.8. The first-order chi connectivity index (χ1) is 9.51. The second-order valence-corrected chi connectivity index (χ2v) is 3.45. The first-order valence-corrected chi connectivity index (χ1v) is 5.65. The van der Waals surface area contributed by atoms with Crippen molar-refractivity contribution < 1.29 is 34.4 Å². The monoisotopic (exact) mass is 306 g/mol. The molecule has 112 valence electrons. The molecule has 0 heterocycles. The second kappa shape index (κ2) is 14.8. The molecule has 0 unspecified atom stereocenters. The first kappa shape index (κ1) is 20.0. The third-order valence-electron chi connectivity index (χ3n) is 1.62. The van der Waals surface area contributed by atoms with Crippen LogP contribution >= 0.6 is 11.6 Å². The maximum Gasteiger partial charge on any atom is 0.303 e. The average Bonchev–Trinajstić information content (AvgIpc) is 2.38. The number of halogens is 1. The Morgan fingerprint density at radius 2 is 1.60 bits per heavy atom. The van der Waals surface area contributed by atoms with E-state index >= 15 is 0 Å². The van der Waals surface area contributed by atoms with Gasteiger partial charge in [0.05, 0.1) is 6.61 Å². The Bertz CT molecular complexity index is 372. The Hall–Kier alpha value is -2.28. The van der Waals surface area contributed by atoms with E-state index in [1.165, 1.54) is 0 Å². The summed E-state index contributed by atoms with van der Waals surface area (Å²) in [6, 6.07) is 6.97. The lowest BCUT2D eigenvalue weighted by atomic mass is 10.3. The molecule has 0 amide bonds. The molecule has 0 atom stereocenters. The minimum atomic E-state index is -0.801. The van der Waals surface area contributed by atoms with Crippen LogP contribution in [-0.4, -0.2) is 40.8 Å². The van der Waals surface area contributed by atoms with E-state index < -0.39 is 5.97 Å². The van der Waals surface area contributed by atoms with Crippen molar-refractivity contribution in [1.82, 2.24) is 0 Å². The normalized spacial score (nSPS) is 8.05. The van der Waals surface area contributed by atoms with Crippen LogP contribution in [0.15, 0.2) is 24.3 Å². The van der Waals surface area contributed by atoms with E-state index in [0.29, 0.717) is 23.8 Å². The van der Waals surface area contributed by atoms with Crippen LogP contribution in [0.25, 0.3) is 0 Å². The minimum Gasteiger partial charge on any atom is -0.494 e. The highest BCUT2D eigenvalue weighted by Crippen LogP contribution is 2.15. The highest BCUT2D eigenvalue weighted by Gasteiger charge is 1.97. The Kier molecular flexibility index (Phi) is 14.8. The van der Waals surface area contributed by atoms with Crippen LogP contribution in [0, 0.1) is 0 Å². The quantitative estimate of drug-likeness (QED) is 0.561. The van der Waals surface area contributed by atoms with Gasteiger partial charge in [0.1, 0.15) is 5.75 Å². The molecule has 20 heavy (non-hydrogen) atoms. The van der Waals surface area contributed by atoms with E-state index in [1.807, 2.05) is 0 Å². The molecule has 0 aromatic heterocycles. The fraction of sp³-hybridized carbons (Fsp3) is 0.250. The van der Waals surface area contributed by atoms with Crippen LogP contribution < -0.4 is 4.74 Å². The van der Waals surface area contributed by atoms with Gasteiger partial charge in [0, 0.05) is 11.4 Å². The average molecular weight is 307 g/mol. The fourth-order valence-electron chi connectivity index (χ4n) is 0.944. The van der Waals surface area contributed by atoms with Crippen LogP contribution in [0.3, 0.4) is 0 Å². The van der Waals surface area contributed by atoms with Crippen LogP contribution in [0.4, 0.5) is 0 Å². The number of benzene rings is 1. The molecule has 1 aromatic carbocycles. The van der Waals surface area contributed by atoms with Gasteiger partial charge < -0.3 is 20.1 Å². The van der Waals surface area contributed by atoms with Crippen LogP contribution in [0.1, 0.15) is 12.8 Å². The second-order valence-electron chi connectivity index (χ2n) is 3.01. The van der Waals surface area contributed by atoms with Crippen LogP contribution in [-0.2, 0) is 14.4 Å². The maximum atomic E-state index is 10.2. The van der Waals surface area contributed by atoms with Crippen LogP contribution in [0.5, 0.6) is 5.75 Å². The molecule has 7 nitrogen and oxygen atoms in total. The lowest BCUT2D eigenvalue weighted by Gasteiger charge is -2.04. The highest BCUT2D eigenvalue weighted by molar-refractivity contribution is 6.30. The largest absolute Gasteiger partial charge is 0.494 e. The summed E-state index contributed by atoms with van der Waals surface area (Å²) >= 11 is 5.68. The maximum absolute atomic E-state index is 10.2. The van der Waals surface area contributed by atoms with E-state index in [1.54, 1.807) is 24.3 Å². The highest BCUT2D eigenvalue weighted by atomic mass is 35.5. The zero-order valence-corrected chi connectivity index (χ0v) is 11.2. The molecule has 1 aromatic rings. The smallest absolute Gasteiger partial charge is 0.303 e. The molecule has 8 heteroatoms. The number of carbonyl (C=O) groups is 3. The summed E-state index contributed by atoms with van der Waals surface area (Å²) in [7, 11) is 0. The van der Waals surface area contributed by atoms with E-state index in [4.69, 9.17) is 41.2 Å². The van der Waals surface area contributed by atoms with Crippen molar-refractivity contribution in [3.63, 3.8) is 0 Å². The van der Waals surface area contributed by atoms with Gasteiger partial charge in [-0.3, -0.25) is 14.4 Å². The fourth-order valence-corrected chi connectivity index (χ4v) is 1.07. The third kappa shape index (κ3) is 15.7. The summed E-state index contributed by atoms with van der Waals surface area (Å²) in [4.78, 5) is 26.9. The molecule has 0 aliphatic rings. The van der Waals surface area contributed by atoms with Crippen molar-refractivity contribution in [2.45, 2.75) is 12.8 Å². The number of hydrogen-bond donors (Lipinski definition) is 3. The Labute approximate surface area is 120 Å². The molecular weight excluding hydrogens is 292 g/mol. The van der Waals surface area contributed by atoms with Gasteiger partial charge in [0.15, 0.2) is 0 Å². The summed E-state index contributed by atoms with van der Waals surface area (Å²) in [5.41, 5.74) is 0. The van der Waals surface area contributed by atoms with Gasteiger partial charge in [0.25, 0.3) is 12.9 Å². The van der Waals surface area contributed by atoms with Crippen molar-refractivity contribution in [3.8, 4) is 5.75 Å². The number of carboxylic acid groups (broad SMARTS) is 3. The van der Waals surface area contributed by atoms with E-state index in [9.17, 15) is 4.79 Å². The predicted molar refractivity (Wildman–Crippen MR) is 71.2 cm³/mol. The molecule has 0 bridgehead atoms. The lowest BCUT2D eigenvalue weighted by molar-refractivity contribution is -0.137. The molecule has 0 saturated heterocycles. The molecule has 0 radical (unpaired) electrons. The van der Waals surface area contributed by atoms with Gasteiger partial charge in [-0.25, -0.2) is 0 Å². The zero-order chi connectivity index (χ0) is 15.8. The zero-order valence-electron chi connectivity index (χ0n) is 10.4. The molecule has 0 spiro atoms. The number of hydrogen-bond acceptors (Lipinski definition) is 4. The van der Waals surface area contributed by atoms with Crippen molar-refractivity contribution in [1.29, 1.82) is 0 Å². The van der Waals surface area contributed by atoms with Gasteiger partial charge in [-0.2, -0.15) is 0 Å². The third-order valence-corrected chi connectivity index (χ3v) is 1.87. The van der Waals surface area contributed by atoms with E-state index in [-0.39, 0.29) is 19.4 Å². The van der Waals surface area contributed by atoms with Gasteiger partial charge in [-0.1, -0.05) is 11.6 Å². The summed E-state index contributed by atoms with van der Waals surface area (Å²) < 4.78 is 5.29. The predicted octanol–water partition coefficient (Wildman–Crippen LogP) is 1.99. The van der Waals surface area contributed by atoms with Crippen molar-refractivity contribution in [2.75, 3.05) is 6.61 Å². The van der Waals surface area contributed by atoms with E-state index in [2.05, 4.69) is 0 Å². The van der Waals surface area contributed by atoms with Gasteiger partial charge in [0.2, 0.25) is 0 Å². The van der Waals surface area contributed by atoms with E-state index in [0.717, 1.165) is 0 Å². The number of carboxylic acids is 1. The molecule has 0 aliphatic heterocycles. The van der Waals surface area contributed by atoms with Gasteiger partial charge in [-0.15, -0.1) is 0 Å². The molecule has 0 saturated carbocycles. The topological polar surface area (TPSA) is 121 Å². The van der Waals surface area contributed by atoms with Crippen LogP contribution in [0.2, 0.25) is 5.02 Å².